The van der Waals surface area contributed by atoms with Gasteiger partial charge in [-0.2, -0.15) is 9.38 Å². The van der Waals surface area contributed by atoms with Crippen molar-refractivity contribution in [3.8, 4) is 11.5 Å². The van der Waals surface area contributed by atoms with Gasteiger partial charge in [0.15, 0.2) is 11.5 Å². The van der Waals surface area contributed by atoms with Crippen LogP contribution in [0.1, 0.15) is 0 Å². The van der Waals surface area contributed by atoms with Crippen molar-refractivity contribution >= 4 is 33.6 Å². The number of hydrogen-bond donors (Lipinski definition) is 1. The van der Waals surface area contributed by atoms with E-state index in [1.165, 1.54) is 15.7 Å². The first-order chi connectivity index (χ1) is 10.2. The van der Waals surface area contributed by atoms with Crippen molar-refractivity contribution < 1.29 is 14.4 Å². The molecule has 0 unspecified atom stereocenters. The summed E-state index contributed by atoms with van der Waals surface area (Å²) in [5.74, 6) is 1.36. The zero-order valence-corrected chi connectivity index (χ0v) is 11.3. The number of rotatable bonds is 3. The van der Waals surface area contributed by atoms with E-state index in [1.54, 1.807) is 29.8 Å². The van der Waals surface area contributed by atoms with E-state index in [0.29, 0.717) is 22.1 Å². The van der Waals surface area contributed by atoms with Crippen LogP contribution in [0.25, 0.3) is 4.96 Å². The largest absolute Gasteiger partial charge is 0.454 e. The maximum absolute atomic E-state index is 11.2. The molecule has 1 aliphatic rings. The smallest absolute Gasteiger partial charge is 0.373 e. The number of ether oxygens (including phenoxy) is 2. The van der Waals surface area contributed by atoms with Crippen molar-refractivity contribution in [2.75, 3.05) is 12.1 Å². The van der Waals surface area contributed by atoms with Gasteiger partial charge in [-0.15, -0.1) is 0 Å². The predicted molar refractivity (Wildman–Crippen MR) is 75.6 cm³/mol. The second-order valence-electron chi connectivity index (χ2n) is 4.29. The SMILES string of the molecule is O=[N+]([O-])c1c(Nc2ccc3c(c2)OCO3)nc2sccn12. The van der Waals surface area contributed by atoms with Crippen LogP contribution >= 0.6 is 11.3 Å². The first-order valence-electron chi connectivity index (χ1n) is 5.99. The first-order valence-corrected chi connectivity index (χ1v) is 6.87. The van der Waals surface area contributed by atoms with Crippen LogP contribution in [-0.2, 0) is 0 Å². The van der Waals surface area contributed by atoms with Crippen molar-refractivity contribution in [1.82, 2.24) is 9.38 Å². The second kappa shape index (κ2) is 4.35. The van der Waals surface area contributed by atoms with E-state index >= 15 is 0 Å². The zero-order chi connectivity index (χ0) is 14.4. The number of hydrogen-bond acceptors (Lipinski definition) is 7. The summed E-state index contributed by atoms with van der Waals surface area (Å²) in [5.41, 5.74) is 0.646. The first kappa shape index (κ1) is 12.0. The molecule has 0 atom stereocenters. The molecule has 9 heteroatoms. The molecule has 0 amide bonds. The standard InChI is InChI=1S/C12H8N4O4S/c17-16(18)11-10(14-12-15(11)3-4-21-12)13-7-1-2-8-9(5-7)20-6-19-8/h1-5,13H,6H2. The minimum absolute atomic E-state index is 0.0936. The van der Waals surface area contributed by atoms with Gasteiger partial charge in [-0.25, -0.2) is 0 Å². The summed E-state index contributed by atoms with van der Waals surface area (Å²) < 4.78 is 11.9. The number of fused-ring (bicyclic) bond motifs is 2. The van der Waals surface area contributed by atoms with Crippen LogP contribution in [0.5, 0.6) is 11.5 Å². The number of anilines is 2. The third-order valence-corrected chi connectivity index (χ3v) is 3.80. The fourth-order valence-corrected chi connectivity index (χ4v) is 2.85. The molecule has 0 aliphatic carbocycles. The molecule has 21 heavy (non-hydrogen) atoms. The minimum atomic E-state index is -0.456. The molecule has 3 heterocycles. The fourth-order valence-electron chi connectivity index (χ4n) is 2.14. The maximum atomic E-state index is 11.2. The highest BCUT2D eigenvalue weighted by atomic mass is 32.1. The molecule has 1 aromatic carbocycles. The van der Waals surface area contributed by atoms with E-state index < -0.39 is 4.92 Å². The third-order valence-electron chi connectivity index (χ3n) is 3.05. The fraction of sp³-hybridized carbons (Fsp3) is 0.0833. The normalized spacial score (nSPS) is 12.8. The van der Waals surface area contributed by atoms with Gasteiger partial charge in [0.05, 0.1) is 0 Å². The summed E-state index contributed by atoms with van der Waals surface area (Å²) in [6.07, 6.45) is 1.62. The summed E-state index contributed by atoms with van der Waals surface area (Å²) in [5, 5.41) is 15.9. The van der Waals surface area contributed by atoms with Crippen molar-refractivity contribution in [2.45, 2.75) is 0 Å². The van der Waals surface area contributed by atoms with Gasteiger partial charge in [0.2, 0.25) is 12.6 Å². The molecule has 4 rings (SSSR count). The Morgan fingerprint density at radius 2 is 2.24 bits per heavy atom. The van der Waals surface area contributed by atoms with E-state index in [4.69, 9.17) is 9.47 Å². The summed E-state index contributed by atoms with van der Waals surface area (Å²) >= 11 is 1.33. The van der Waals surface area contributed by atoms with Crippen LogP contribution < -0.4 is 14.8 Å². The van der Waals surface area contributed by atoms with Gasteiger partial charge in [0, 0.05) is 17.1 Å². The summed E-state index contributed by atoms with van der Waals surface area (Å²) in [7, 11) is 0. The van der Waals surface area contributed by atoms with Gasteiger partial charge in [-0.05, 0) is 17.1 Å². The van der Waals surface area contributed by atoms with E-state index in [-0.39, 0.29) is 18.4 Å². The maximum Gasteiger partial charge on any atom is 0.373 e. The van der Waals surface area contributed by atoms with E-state index in [2.05, 4.69) is 10.3 Å². The Balaban J connectivity index is 1.75. The number of benzene rings is 1. The lowest BCUT2D eigenvalue weighted by Gasteiger charge is -2.04. The lowest BCUT2D eigenvalue weighted by atomic mass is 10.3. The highest BCUT2D eigenvalue weighted by molar-refractivity contribution is 7.15. The molecule has 0 bridgehead atoms. The molecule has 3 aromatic rings. The Morgan fingerprint density at radius 3 is 3.10 bits per heavy atom. The summed E-state index contributed by atoms with van der Waals surface area (Å²) in [6.45, 7) is 0.180. The van der Waals surface area contributed by atoms with Crippen molar-refractivity contribution in [2.24, 2.45) is 0 Å². The Morgan fingerprint density at radius 1 is 1.38 bits per heavy atom. The van der Waals surface area contributed by atoms with Crippen LogP contribution in [0.2, 0.25) is 0 Å². The number of aromatic nitrogens is 2. The van der Waals surface area contributed by atoms with Gasteiger partial charge in [0.1, 0.15) is 6.20 Å². The molecule has 0 saturated heterocycles. The van der Waals surface area contributed by atoms with Crippen LogP contribution in [-0.4, -0.2) is 21.1 Å². The minimum Gasteiger partial charge on any atom is -0.454 e. The molecule has 1 N–H and O–H groups in total. The number of thiazole rings is 1. The summed E-state index contributed by atoms with van der Waals surface area (Å²) in [4.78, 5) is 15.6. The second-order valence-corrected chi connectivity index (χ2v) is 5.16. The molecule has 8 nitrogen and oxygen atoms in total. The highest BCUT2D eigenvalue weighted by Gasteiger charge is 2.24. The predicted octanol–water partition coefficient (Wildman–Crippen LogP) is 2.78. The third kappa shape index (κ3) is 1.86. The quantitative estimate of drug-likeness (QED) is 0.591. The lowest BCUT2D eigenvalue weighted by molar-refractivity contribution is -0.389. The number of nitro groups is 1. The molecule has 0 spiro atoms. The molecule has 106 valence electrons. The number of nitrogens with zero attached hydrogens (tertiary/aromatic N) is 3. The van der Waals surface area contributed by atoms with Crippen molar-refractivity contribution in [3.63, 3.8) is 0 Å². The van der Waals surface area contributed by atoms with E-state index in [9.17, 15) is 10.1 Å². The molecular formula is C12H8N4O4S. The van der Waals surface area contributed by atoms with Gasteiger partial charge in [0.25, 0.3) is 4.96 Å². The van der Waals surface area contributed by atoms with Crippen LogP contribution in [0.15, 0.2) is 29.8 Å². The van der Waals surface area contributed by atoms with Gasteiger partial charge >= 0.3 is 5.82 Å². The van der Waals surface area contributed by atoms with Crippen molar-refractivity contribution in [1.29, 1.82) is 0 Å². The average molecular weight is 304 g/mol. The summed E-state index contributed by atoms with van der Waals surface area (Å²) in [6, 6.07) is 5.22. The highest BCUT2D eigenvalue weighted by Crippen LogP contribution is 2.36. The van der Waals surface area contributed by atoms with E-state index in [1.807, 2.05) is 0 Å². The number of imidazole rings is 1. The molecule has 2 aromatic heterocycles. The van der Waals surface area contributed by atoms with Crippen molar-refractivity contribution in [3.05, 3.63) is 39.9 Å². The molecule has 0 fully saturated rings. The molecule has 1 aliphatic heterocycles. The molecule has 0 saturated carbocycles. The Bertz CT molecular complexity index is 856. The van der Waals surface area contributed by atoms with Crippen LogP contribution in [0.3, 0.4) is 0 Å². The Labute approximate surface area is 121 Å². The lowest BCUT2D eigenvalue weighted by Crippen LogP contribution is -1.98. The molecular weight excluding hydrogens is 296 g/mol. The number of nitrogens with one attached hydrogen (secondary N) is 1. The molecule has 0 radical (unpaired) electrons. The average Bonchev–Trinajstić information content (AvgIpc) is 3.11. The van der Waals surface area contributed by atoms with Gasteiger partial charge in [-0.3, -0.25) is 0 Å². The Hall–Kier alpha value is -2.81. The van der Waals surface area contributed by atoms with Gasteiger partial charge in [-0.1, -0.05) is 11.3 Å². The van der Waals surface area contributed by atoms with E-state index in [0.717, 1.165) is 0 Å². The topological polar surface area (TPSA) is 90.9 Å². The zero-order valence-electron chi connectivity index (χ0n) is 10.5. The monoisotopic (exact) mass is 304 g/mol. The van der Waals surface area contributed by atoms with Crippen LogP contribution in [0, 0.1) is 10.1 Å². The van der Waals surface area contributed by atoms with Gasteiger partial charge < -0.3 is 24.9 Å². The van der Waals surface area contributed by atoms with Crippen LogP contribution in [0.4, 0.5) is 17.3 Å². The Kier molecular flexibility index (Phi) is 2.48.